The maximum atomic E-state index is 12.5. The standard InChI is InChI=1S/C7H5F3O/c8-4-1-6(9)5(3-11)7(10)2-4/h1-2,11H,3H2. The number of benzene rings is 1. The summed E-state index contributed by atoms with van der Waals surface area (Å²) in [5, 5.41) is 8.39. The molecule has 0 fully saturated rings. The average Bonchev–Trinajstić information content (AvgIpc) is 1.85. The van der Waals surface area contributed by atoms with Crippen LogP contribution in [0.5, 0.6) is 0 Å². The van der Waals surface area contributed by atoms with Gasteiger partial charge in [-0.2, -0.15) is 0 Å². The third-order valence-corrected chi connectivity index (χ3v) is 1.26. The van der Waals surface area contributed by atoms with Crippen LogP contribution in [0.1, 0.15) is 5.56 Å². The van der Waals surface area contributed by atoms with Gasteiger partial charge in [0.2, 0.25) is 0 Å². The highest BCUT2D eigenvalue weighted by atomic mass is 19.1. The number of aliphatic hydroxyl groups is 1. The van der Waals surface area contributed by atoms with Crippen LogP contribution in [0.15, 0.2) is 12.1 Å². The summed E-state index contributed by atoms with van der Waals surface area (Å²) in [5.41, 5.74) is -0.508. The number of rotatable bonds is 1. The van der Waals surface area contributed by atoms with Crippen molar-refractivity contribution in [3.05, 3.63) is 35.1 Å². The molecule has 0 heterocycles. The molecule has 1 aromatic rings. The van der Waals surface area contributed by atoms with Crippen LogP contribution in [-0.4, -0.2) is 5.11 Å². The summed E-state index contributed by atoms with van der Waals surface area (Å²) in [6.07, 6.45) is 0. The molecule has 60 valence electrons. The van der Waals surface area contributed by atoms with E-state index in [0.29, 0.717) is 12.1 Å². The first kappa shape index (κ1) is 8.07. The van der Waals surface area contributed by atoms with E-state index in [0.717, 1.165) is 0 Å². The van der Waals surface area contributed by atoms with Crippen molar-refractivity contribution in [3.63, 3.8) is 0 Å². The summed E-state index contributed by atoms with van der Waals surface area (Å²) in [7, 11) is 0. The second kappa shape index (κ2) is 2.92. The second-order valence-electron chi connectivity index (χ2n) is 2.01. The Hall–Kier alpha value is -1.03. The maximum Gasteiger partial charge on any atom is 0.134 e. The summed E-state index contributed by atoms with van der Waals surface area (Å²) in [5.74, 6) is -3.12. The maximum absolute atomic E-state index is 12.5. The molecular formula is C7H5F3O. The molecule has 0 atom stereocenters. The lowest BCUT2D eigenvalue weighted by molar-refractivity contribution is 0.268. The minimum atomic E-state index is -1.06. The zero-order chi connectivity index (χ0) is 8.43. The monoisotopic (exact) mass is 162 g/mol. The molecule has 0 radical (unpaired) electrons. The van der Waals surface area contributed by atoms with Crippen LogP contribution in [0.4, 0.5) is 13.2 Å². The third kappa shape index (κ3) is 1.51. The fraction of sp³-hybridized carbons (Fsp3) is 0.143. The molecule has 0 spiro atoms. The molecule has 0 aliphatic carbocycles. The van der Waals surface area contributed by atoms with Gasteiger partial charge in [0.25, 0.3) is 0 Å². The van der Waals surface area contributed by atoms with E-state index in [1.54, 1.807) is 0 Å². The van der Waals surface area contributed by atoms with Crippen molar-refractivity contribution in [1.29, 1.82) is 0 Å². The van der Waals surface area contributed by atoms with Crippen LogP contribution in [0, 0.1) is 17.5 Å². The van der Waals surface area contributed by atoms with Gasteiger partial charge in [-0.15, -0.1) is 0 Å². The van der Waals surface area contributed by atoms with Crippen molar-refractivity contribution >= 4 is 0 Å². The van der Waals surface area contributed by atoms with Gasteiger partial charge < -0.3 is 5.11 Å². The first-order valence-corrected chi connectivity index (χ1v) is 2.89. The fourth-order valence-electron chi connectivity index (χ4n) is 0.723. The summed E-state index contributed by atoms with van der Waals surface area (Å²) < 4.78 is 37.1. The average molecular weight is 162 g/mol. The lowest BCUT2D eigenvalue weighted by Crippen LogP contribution is -1.96. The molecule has 4 heteroatoms. The van der Waals surface area contributed by atoms with Crippen LogP contribution in [0.2, 0.25) is 0 Å². The van der Waals surface area contributed by atoms with Gasteiger partial charge in [0.05, 0.1) is 6.61 Å². The van der Waals surface area contributed by atoms with E-state index in [-0.39, 0.29) is 0 Å². The van der Waals surface area contributed by atoms with Gasteiger partial charge in [-0.25, -0.2) is 13.2 Å². The van der Waals surface area contributed by atoms with Crippen LogP contribution in [-0.2, 0) is 6.61 Å². The topological polar surface area (TPSA) is 20.2 Å². The molecule has 11 heavy (non-hydrogen) atoms. The molecule has 1 rings (SSSR count). The third-order valence-electron chi connectivity index (χ3n) is 1.26. The summed E-state index contributed by atoms with van der Waals surface area (Å²) in [6, 6.07) is 1.04. The summed E-state index contributed by atoms with van der Waals surface area (Å²) >= 11 is 0. The quantitative estimate of drug-likeness (QED) is 0.664. The zero-order valence-electron chi connectivity index (χ0n) is 5.44. The lowest BCUT2D eigenvalue weighted by atomic mass is 10.2. The highest BCUT2D eigenvalue weighted by molar-refractivity contribution is 5.19. The van der Waals surface area contributed by atoms with E-state index in [1.807, 2.05) is 0 Å². The minimum Gasteiger partial charge on any atom is -0.391 e. The van der Waals surface area contributed by atoms with Crippen molar-refractivity contribution < 1.29 is 18.3 Å². The Morgan fingerprint density at radius 1 is 1.09 bits per heavy atom. The summed E-state index contributed by atoms with van der Waals surface area (Å²) in [4.78, 5) is 0. The van der Waals surface area contributed by atoms with E-state index in [2.05, 4.69) is 0 Å². The molecule has 1 aromatic carbocycles. The second-order valence-corrected chi connectivity index (χ2v) is 2.01. The Labute approximate surface area is 61.1 Å². The van der Waals surface area contributed by atoms with E-state index in [4.69, 9.17) is 5.11 Å². The molecule has 1 nitrogen and oxygen atoms in total. The predicted molar refractivity (Wildman–Crippen MR) is 32.2 cm³/mol. The Balaban J connectivity index is 3.25. The number of hydrogen-bond acceptors (Lipinski definition) is 1. The summed E-state index contributed by atoms with van der Waals surface area (Å²) in [6.45, 7) is -0.766. The van der Waals surface area contributed by atoms with Crippen molar-refractivity contribution in [1.82, 2.24) is 0 Å². The molecule has 0 aliphatic rings. The first-order valence-electron chi connectivity index (χ1n) is 2.89. The molecule has 1 N–H and O–H groups in total. The molecule has 0 amide bonds. The highest BCUT2D eigenvalue weighted by Gasteiger charge is 2.09. The minimum absolute atomic E-state index is 0.508. The number of halogens is 3. The van der Waals surface area contributed by atoms with Gasteiger partial charge in [0.1, 0.15) is 17.5 Å². The van der Waals surface area contributed by atoms with E-state index >= 15 is 0 Å². The largest absolute Gasteiger partial charge is 0.391 e. The molecule has 0 bridgehead atoms. The van der Waals surface area contributed by atoms with Gasteiger partial charge >= 0.3 is 0 Å². The predicted octanol–water partition coefficient (Wildman–Crippen LogP) is 1.60. The van der Waals surface area contributed by atoms with Gasteiger partial charge in [-0.1, -0.05) is 0 Å². The van der Waals surface area contributed by atoms with Gasteiger partial charge in [0, 0.05) is 17.7 Å². The Bertz CT molecular complexity index is 249. The van der Waals surface area contributed by atoms with E-state index in [1.165, 1.54) is 0 Å². The van der Waals surface area contributed by atoms with Gasteiger partial charge in [-0.05, 0) is 0 Å². The van der Waals surface area contributed by atoms with E-state index < -0.39 is 29.6 Å². The van der Waals surface area contributed by atoms with Crippen molar-refractivity contribution in [3.8, 4) is 0 Å². The van der Waals surface area contributed by atoms with Crippen molar-refractivity contribution in [2.45, 2.75) is 6.61 Å². The molecule has 0 unspecified atom stereocenters. The number of hydrogen-bond donors (Lipinski definition) is 1. The normalized spacial score (nSPS) is 10.2. The van der Waals surface area contributed by atoms with Crippen LogP contribution in [0.25, 0.3) is 0 Å². The molecule has 0 aliphatic heterocycles. The zero-order valence-corrected chi connectivity index (χ0v) is 5.44. The van der Waals surface area contributed by atoms with Gasteiger partial charge in [-0.3, -0.25) is 0 Å². The van der Waals surface area contributed by atoms with Crippen molar-refractivity contribution in [2.24, 2.45) is 0 Å². The van der Waals surface area contributed by atoms with E-state index in [9.17, 15) is 13.2 Å². The number of aliphatic hydroxyl groups excluding tert-OH is 1. The Morgan fingerprint density at radius 3 is 1.91 bits per heavy atom. The molecule has 0 saturated carbocycles. The molecular weight excluding hydrogens is 157 g/mol. The highest BCUT2D eigenvalue weighted by Crippen LogP contribution is 2.13. The Kier molecular flexibility index (Phi) is 2.14. The first-order chi connectivity index (χ1) is 5.15. The Morgan fingerprint density at radius 2 is 1.55 bits per heavy atom. The fourth-order valence-corrected chi connectivity index (χ4v) is 0.723. The lowest BCUT2D eigenvalue weighted by Gasteiger charge is -1.99. The van der Waals surface area contributed by atoms with Crippen LogP contribution >= 0.6 is 0 Å². The smallest absolute Gasteiger partial charge is 0.134 e. The SMILES string of the molecule is OCc1c(F)cc(F)cc1F. The van der Waals surface area contributed by atoms with Gasteiger partial charge in [0.15, 0.2) is 0 Å². The van der Waals surface area contributed by atoms with Crippen LogP contribution < -0.4 is 0 Å². The van der Waals surface area contributed by atoms with Crippen molar-refractivity contribution in [2.75, 3.05) is 0 Å². The van der Waals surface area contributed by atoms with Crippen LogP contribution in [0.3, 0.4) is 0 Å². The molecule has 0 saturated heterocycles. The molecule has 0 aromatic heterocycles.